The average Bonchev–Trinajstić information content (AvgIpc) is 2.20. The van der Waals surface area contributed by atoms with Crippen LogP contribution in [0.5, 0.6) is 5.88 Å². The van der Waals surface area contributed by atoms with E-state index in [-0.39, 0.29) is 12.6 Å². The summed E-state index contributed by atoms with van der Waals surface area (Å²) in [7, 11) is 3.35. The van der Waals surface area contributed by atoms with Crippen molar-refractivity contribution in [2.75, 3.05) is 20.8 Å². The molecule has 0 spiro atoms. The molecule has 1 rings (SSSR count). The molecule has 0 aliphatic heterocycles. The zero-order valence-corrected chi connectivity index (χ0v) is 7.82. The largest absolute Gasteiger partial charge is 0.481 e. The summed E-state index contributed by atoms with van der Waals surface area (Å²) in [6.07, 6.45) is 1.66. The SMILES string of the molecule is CN[C@H](CO)c1cccnc1OC. The topological polar surface area (TPSA) is 54.4 Å². The zero-order valence-electron chi connectivity index (χ0n) is 7.82. The molecule has 2 N–H and O–H groups in total. The van der Waals surface area contributed by atoms with E-state index < -0.39 is 0 Å². The van der Waals surface area contributed by atoms with Crippen molar-refractivity contribution in [3.63, 3.8) is 0 Å². The second kappa shape index (κ2) is 4.79. The van der Waals surface area contributed by atoms with Gasteiger partial charge in [-0.3, -0.25) is 0 Å². The van der Waals surface area contributed by atoms with Crippen molar-refractivity contribution in [3.05, 3.63) is 23.9 Å². The Morgan fingerprint density at radius 2 is 2.46 bits per heavy atom. The normalized spacial score (nSPS) is 12.5. The Kier molecular flexibility index (Phi) is 3.67. The lowest BCUT2D eigenvalue weighted by Crippen LogP contribution is -2.20. The van der Waals surface area contributed by atoms with Crippen LogP contribution in [-0.2, 0) is 0 Å². The first-order chi connectivity index (χ1) is 6.33. The molecule has 4 nitrogen and oxygen atoms in total. The number of methoxy groups -OCH3 is 1. The molecular formula is C9H14N2O2. The van der Waals surface area contributed by atoms with Gasteiger partial charge >= 0.3 is 0 Å². The van der Waals surface area contributed by atoms with Gasteiger partial charge in [-0.1, -0.05) is 6.07 Å². The van der Waals surface area contributed by atoms with Gasteiger partial charge in [0.2, 0.25) is 5.88 Å². The summed E-state index contributed by atoms with van der Waals surface area (Å²) in [5.41, 5.74) is 0.870. The number of aliphatic hydroxyl groups is 1. The summed E-state index contributed by atoms with van der Waals surface area (Å²) in [6.45, 7) is 0.0263. The van der Waals surface area contributed by atoms with E-state index in [4.69, 9.17) is 9.84 Å². The molecule has 0 saturated carbocycles. The fourth-order valence-electron chi connectivity index (χ4n) is 1.18. The predicted molar refractivity (Wildman–Crippen MR) is 49.7 cm³/mol. The Balaban J connectivity index is 2.96. The smallest absolute Gasteiger partial charge is 0.217 e. The van der Waals surface area contributed by atoms with E-state index >= 15 is 0 Å². The average molecular weight is 182 g/mol. The molecule has 0 bridgehead atoms. The number of nitrogens with one attached hydrogen (secondary N) is 1. The van der Waals surface area contributed by atoms with Crippen LogP contribution in [0.2, 0.25) is 0 Å². The van der Waals surface area contributed by atoms with Crippen LogP contribution in [0.15, 0.2) is 18.3 Å². The first-order valence-electron chi connectivity index (χ1n) is 4.10. The number of ether oxygens (including phenoxy) is 1. The van der Waals surface area contributed by atoms with Crippen LogP contribution in [0, 0.1) is 0 Å². The van der Waals surface area contributed by atoms with Crippen molar-refractivity contribution in [1.82, 2.24) is 10.3 Å². The Labute approximate surface area is 77.6 Å². The molecule has 0 aliphatic rings. The minimum absolute atomic E-state index is 0.0263. The lowest BCUT2D eigenvalue weighted by molar-refractivity contribution is 0.246. The molecule has 0 aliphatic carbocycles. The minimum atomic E-state index is -0.122. The highest BCUT2D eigenvalue weighted by atomic mass is 16.5. The van der Waals surface area contributed by atoms with Crippen molar-refractivity contribution in [1.29, 1.82) is 0 Å². The van der Waals surface area contributed by atoms with E-state index in [0.717, 1.165) is 5.56 Å². The summed E-state index contributed by atoms with van der Waals surface area (Å²) in [4.78, 5) is 4.04. The Morgan fingerprint density at radius 3 is 3.00 bits per heavy atom. The van der Waals surface area contributed by atoms with Crippen LogP contribution < -0.4 is 10.1 Å². The number of aromatic nitrogens is 1. The Hall–Kier alpha value is -1.13. The third kappa shape index (κ3) is 2.17. The van der Waals surface area contributed by atoms with Crippen molar-refractivity contribution in [3.8, 4) is 5.88 Å². The number of rotatable bonds is 4. The highest BCUT2D eigenvalue weighted by Gasteiger charge is 2.12. The van der Waals surface area contributed by atoms with Crippen LogP contribution in [0.1, 0.15) is 11.6 Å². The van der Waals surface area contributed by atoms with Crippen molar-refractivity contribution in [2.24, 2.45) is 0 Å². The van der Waals surface area contributed by atoms with Gasteiger partial charge in [-0.05, 0) is 13.1 Å². The summed E-state index contributed by atoms with van der Waals surface area (Å²) >= 11 is 0. The molecule has 0 unspecified atom stereocenters. The maximum absolute atomic E-state index is 9.05. The second-order valence-electron chi connectivity index (χ2n) is 2.63. The third-order valence-electron chi connectivity index (χ3n) is 1.90. The van der Waals surface area contributed by atoms with E-state index in [0.29, 0.717) is 5.88 Å². The molecule has 1 heterocycles. The molecule has 4 heteroatoms. The molecule has 13 heavy (non-hydrogen) atoms. The van der Waals surface area contributed by atoms with Gasteiger partial charge in [0.15, 0.2) is 0 Å². The van der Waals surface area contributed by atoms with E-state index in [2.05, 4.69) is 10.3 Å². The van der Waals surface area contributed by atoms with Gasteiger partial charge < -0.3 is 15.2 Å². The minimum Gasteiger partial charge on any atom is -0.481 e. The number of likely N-dealkylation sites (N-methyl/N-ethyl adjacent to an activating group) is 1. The Morgan fingerprint density at radius 1 is 1.69 bits per heavy atom. The number of aliphatic hydroxyl groups excluding tert-OH is 1. The zero-order chi connectivity index (χ0) is 9.68. The van der Waals surface area contributed by atoms with E-state index in [9.17, 15) is 0 Å². The van der Waals surface area contributed by atoms with Crippen LogP contribution in [-0.4, -0.2) is 30.9 Å². The summed E-state index contributed by atoms with van der Waals surface area (Å²) in [5.74, 6) is 0.552. The third-order valence-corrected chi connectivity index (χ3v) is 1.90. The van der Waals surface area contributed by atoms with Crippen LogP contribution >= 0.6 is 0 Å². The molecule has 0 fully saturated rings. The number of nitrogens with zero attached hydrogens (tertiary/aromatic N) is 1. The quantitative estimate of drug-likeness (QED) is 0.705. The van der Waals surface area contributed by atoms with Crippen molar-refractivity contribution < 1.29 is 9.84 Å². The van der Waals surface area contributed by atoms with Crippen LogP contribution in [0.25, 0.3) is 0 Å². The standard InChI is InChI=1S/C9H14N2O2/c1-10-8(6-12)7-4-3-5-11-9(7)13-2/h3-5,8,10,12H,6H2,1-2H3/t8-/m1/s1. The molecule has 0 saturated heterocycles. The second-order valence-corrected chi connectivity index (χ2v) is 2.63. The maximum atomic E-state index is 9.05. The van der Waals surface area contributed by atoms with Crippen LogP contribution in [0.3, 0.4) is 0 Å². The van der Waals surface area contributed by atoms with Gasteiger partial charge in [-0.25, -0.2) is 4.98 Å². The summed E-state index contributed by atoms with van der Waals surface area (Å²) < 4.78 is 5.07. The lowest BCUT2D eigenvalue weighted by atomic mass is 10.1. The van der Waals surface area contributed by atoms with E-state index in [1.165, 1.54) is 0 Å². The van der Waals surface area contributed by atoms with E-state index in [1.807, 2.05) is 12.1 Å². The molecule has 72 valence electrons. The summed E-state index contributed by atoms with van der Waals surface area (Å²) in [6, 6.07) is 3.57. The van der Waals surface area contributed by atoms with Crippen LogP contribution in [0.4, 0.5) is 0 Å². The fraction of sp³-hybridized carbons (Fsp3) is 0.444. The first-order valence-corrected chi connectivity index (χ1v) is 4.10. The van der Waals surface area contributed by atoms with Crippen molar-refractivity contribution >= 4 is 0 Å². The van der Waals surface area contributed by atoms with Gasteiger partial charge in [-0.15, -0.1) is 0 Å². The molecule has 1 atom stereocenters. The molecule has 1 aromatic heterocycles. The van der Waals surface area contributed by atoms with E-state index in [1.54, 1.807) is 20.4 Å². The lowest BCUT2D eigenvalue weighted by Gasteiger charge is -2.15. The molecule has 0 aromatic carbocycles. The maximum Gasteiger partial charge on any atom is 0.217 e. The van der Waals surface area contributed by atoms with Gasteiger partial charge in [0, 0.05) is 11.8 Å². The molecular weight excluding hydrogens is 168 g/mol. The number of hydrogen-bond donors (Lipinski definition) is 2. The number of pyridine rings is 1. The fourth-order valence-corrected chi connectivity index (χ4v) is 1.18. The first kappa shape index (κ1) is 9.95. The molecule has 0 amide bonds. The van der Waals surface area contributed by atoms with Gasteiger partial charge in [0.1, 0.15) is 0 Å². The Bertz CT molecular complexity index is 262. The number of hydrogen-bond acceptors (Lipinski definition) is 4. The molecule has 0 radical (unpaired) electrons. The summed E-state index contributed by atoms with van der Waals surface area (Å²) in [5, 5.41) is 12.0. The highest BCUT2D eigenvalue weighted by molar-refractivity contribution is 5.28. The van der Waals surface area contributed by atoms with Gasteiger partial charge in [0.05, 0.1) is 19.8 Å². The highest BCUT2D eigenvalue weighted by Crippen LogP contribution is 2.21. The molecule has 1 aromatic rings. The van der Waals surface area contributed by atoms with Crippen molar-refractivity contribution in [2.45, 2.75) is 6.04 Å². The van der Waals surface area contributed by atoms with Gasteiger partial charge in [-0.2, -0.15) is 0 Å². The predicted octanol–water partition coefficient (Wildman–Crippen LogP) is 0.343. The van der Waals surface area contributed by atoms with Gasteiger partial charge in [0.25, 0.3) is 0 Å². The monoisotopic (exact) mass is 182 g/mol.